The van der Waals surface area contributed by atoms with E-state index in [0.717, 1.165) is 0 Å². The molecule has 0 spiro atoms. The largest absolute Gasteiger partial charge is 0.349 e. The number of benzene rings is 1. The summed E-state index contributed by atoms with van der Waals surface area (Å²) in [5.74, 6) is -3.31. The summed E-state index contributed by atoms with van der Waals surface area (Å²) in [6.45, 7) is 5.62. The van der Waals surface area contributed by atoms with Gasteiger partial charge in [-0.2, -0.15) is 0 Å². The summed E-state index contributed by atoms with van der Waals surface area (Å²) >= 11 is 0. The van der Waals surface area contributed by atoms with Crippen LogP contribution < -0.4 is 5.32 Å². The number of carbonyl (C=O) groups is 1. The maximum atomic E-state index is 13.2. The molecular formula is C13H16F2N2O3. The molecule has 1 unspecified atom stereocenters. The Balaban J connectivity index is 3.15. The van der Waals surface area contributed by atoms with E-state index in [1.54, 1.807) is 0 Å². The highest BCUT2D eigenvalue weighted by Gasteiger charge is 2.25. The lowest BCUT2D eigenvalue weighted by Gasteiger charge is -2.20. The van der Waals surface area contributed by atoms with Crippen LogP contribution in [0.3, 0.4) is 0 Å². The minimum Gasteiger partial charge on any atom is -0.349 e. The first-order valence-electron chi connectivity index (χ1n) is 6.22. The summed E-state index contributed by atoms with van der Waals surface area (Å²) in [6.07, 6.45) is 0.626. The molecule has 0 bridgehead atoms. The van der Waals surface area contributed by atoms with E-state index in [2.05, 4.69) is 5.32 Å². The van der Waals surface area contributed by atoms with Gasteiger partial charge < -0.3 is 5.32 Å². The molecule has 1 amide bonds. The smallest absolute Gasteiger partial charge is 0.285 e. The molecule has 0 aromatic heterocycles. The van der Waals surface area contributed by atoms with Crippen molar-refractivity contribution in [3.63, 3.8) is 0 Å². The third-order valence-corrected chi connectivity index (χ3v) is 3.04. The molecule has 1 N–H and O–H groups in total. The molecule has 110 valence electrons. The highest BCUT2D eigenvalue weighted by Crippen LogP contribution is 2.22. The van der Waals surface area contributed by atoms with E-state index in [0.29, 0.717) is 18.6 Å². The van der Waals surface area contributed by atoms with Crippen molar-refractivity contribution in [2.75, 3.05) is 0 Å². The van der Waals surface area contributed by atoms with Crippen LogP contribution >= 0.6 is 0 Å². The Hall–Kier alpha value is -2.05. The van der Waals surface area contributed by atoms with Gasteiger partial charge in [0.25, 0.3) is 11.6 Å². The lowest BCUT2D eigenvalue weighted by molar-refractivity contribution is -0.385. The molecule has 0 aliphatic heterocycles. The third-order valence-electron chi connectivity index (χ3n) is 3.04. The van der Waals surface area contributed by atoms with Gasteiger partial charge in [-0.3, -0.25) is 14.9 Å². The van der Waals surface area contributed by atoms with Crippen LogP contribution in [0.4, 0.5) is 14.5 Å². The van der Waals surface area contributed by atoms with Gasteiger partial charge in [-0.25, -0.2) is 8.78 Å². The number of amides is 1. The molecule has 20 heavy (non-hydrogen) atoms. The number of nitro benzene ring substituents is 1. The Morgan fingerprint density at radius 1 is 1.35 bits per heavy atom. The van der Waals surface area contributed by atoms with Crippen LogP contribution in [-0.4, -0.2) is 16.9 Å². The van der Waals surface area contributed by atoms with Crippen molar-refractivity contribution in [3.8, 4) is 0 Å². The van der Waals surface area contributed by atoms with Crippen LogP contribution in [0, 0.1) is 27.7 Å². The molecule has 1 rings (SSSR count). The van der Waals surface area contributed by atoms with Gasteiger partial charge in [0.2, 0.25) is 0 Å². The number of carbonyl (C=O) groups excluding carboxylic acids is 1. The number of nitrogens with zero attached hydrogens (tertiary/aromatic N) is 1. The highest BCUT2D eigenvalue weighted by molar-refractivity contribution is 5.98. The van der Waals surface area contributed by atoms with Crippen molar-refractivity contribution in [2.24, 2.45) is 5.92 Å². The molecule has 5 nitrogen and oxygen atoms in total. The summed E-state index contributed by atoms with van der Waals surface area (Å²) in [5.41, 5.74) is -1.23. The molecule has 0 saturated carbocycles. The lowest BCUT2D eigenvalue weighted by Crippen LogP contribution is -2.38. The predicted octanol–water partition coefficient (Wildman–Crippen LogP) is 3.04. The van der Waals surface area contributed by atoms with E-state index >= 15 is 0 Å². The quantitative estimate of drug-likeness (QED) is 0.668. The van der Waals surface area contributed by atoms with Gasteiger partial charge in [-0.05, 0) is 18.4 Å². The number of nitro groups is 1. The minimum absolute atomic E-state index is 0.119. The van der Waals surface area contributed by atoms with Crippen LogP contribution in [0.2, 0.25) is 0 Å². The van der Waals surface area contributed by atoms with Gasteiger partial charge in [0.1, 0.15) is 5.56 Å². The van der Waals surface area contributed by atoms with E-state index in [1.807, 2.05) is 20.8 Å². The highest BCUT2D eigenvalue weighted by atomic mass is 19.2. The fourth-order valence-electron chi connectivity index (χ4n) is 1.86. The maximum Gasteiger partial charge on any atom is 0.285 e. The molecule has 0 fully saturated rings. The zero-order valence-electron chi connectivity index (χ0n) is 11.4. The lowest BCUT2D eigenvalue weighted by atomic mass is 10.0. The van der Waals surface area contributed by atoms with Gasteiger partial charge in [-0.15, -0.1) is 0 Å². The molecule has 0 radical (unpaired) electrons. The number of hydrogen-bond acceptors (Lipinski definition) is 3. The third kappa shape index (κ3) is 3.49. The summed E-state index contributed by atoms with van der Waals surface area (Å²) in [7, 11) is 0. The van der Waals surface area contributed by atoms with Gasteiger partial charge in [0.05, 0.1) is 11.0 Å². The van der Waals surface area contributed by atoms with Crippen LogP contribution in [-0.2, 0) is 0 Å². The molecule has 0 aliphatic rings. The van der Waals surface area contributed by atoms with Crippen molar-refractivity contribution >= 4 is 11.6 Å². The molecule has 0 heterocycles. The Bertz CT molecular complexity index is 533. The maximum absolute atomic E-state index is 13.2. The Labute approximate surface area is 115 Å². The van der Waals surface area contributed by atoms with Crippen molar-refractivity contribution in [3.05, 3.63) is 39.4 Å². The van der Waals surface area contributed by atoms with Crippen LogP contribution in [0.15, 0.2) is 12.1 Å². The zero-order valence-corrected chi connectivity index (χ0v) is 11.4. The second-order valence-corrected chi connectivity index (χ2v) is 4.77. The fourth-order valence-corrected chi connectivity index (χ4v) is 1.86. The van der Waals surface area contributed by atoms with E-state index in [4.69, 9.17) is 0 Å². The number of hydrogen-bond donors (Lipinski definition) is 1. The van der Waals surface area contributed by atoms with Gasteiger partial charge in [-0.1, -0.05) is 20.8 Å². The second kappa shape index (κ2) is 6.40. The first kappa shape index (κ1) is 16.0. The SMILES string of the molecule is CCC(NC(=O)c1cc(F)c(F)cc1[N+](=O)[O-])C(C)C. The Morgan fingerprint density at radius 2 is 1.90 bits per heavy atom. The topological polar surface area (TPSA) is 72.2 Å². The standard InChI is InChI=1S/C13H16F2N2O3/c1-4-11(7(2)3)16-13(18)8-5-9(14)10(15)6-12(8)17(19)20/h5-7,11H,4H2,1-3H3,(H,16,18). The normalized spacial score (nSPS) is 12.3. The zero-order chi connectivity index (χ0) is 15.4. The number of halogens is 2. The summed E-state index contributed by atoms with van der Waals surface area (Å²) in [6, 6.07) is 0.770. The first-order valence-corrected chi connectivity index (χ1v) is 6.22. The van der Waals surface area contributed by atoms with Gasteiger partial charge in [0, 0.05) is 6.04 Å². The average Bonchev–Trinajstić information content (AvgIpc) is 2.37. The first-order chi connectivity index (χ1) is 9.27. The number of rotatable bonds is 5. The van der Waals surface area contributed by atoms with Gasteiger partial charge in [0.15, 0.2) is 11.6 Å². The predicted molar refractivity (Wildman–Crippen MR) is 69.4 cm³/mol. The molecular weight excluding hydrogens is 270 g/mol. The molecule has 1 atom stereocenters. The van der Waals surface area contributed by atoms with E-state index < -0.39 is 33.7 Å². The average molecular weight is 286 g/mol. The number of nitrogens with one attached hydrogen (secondary N) is 1. The van der Waals surface area contributed by atoms with Crippen LogP contribution in [0.1, 0.15) is 37.6 Å². The fraction of sp³-hybridized carbons (Fsp3) is 0.462. The van der Waals surface area contributed by atoms with Crippen LogP contribution in [0.5, 0.6) is 0 Å². The van der Waals surface area contributed by atoms with Crippen molar-refractivity contribution in [2.45, 2.75) is 33.2 Å². The summed E-state index contributed by atoms with van der Waals surface area (Å²) < 4.78 is 26.2. The summed E-state index contributed by atoms with van der Waals surface area (Å²) in [5, 5.41) is 13.4. The van der Waals surface area contributed by atoms with E-state index in [-0.39, 0.29) is 12.0 Å². The van der Waals surface area contributed by atoms with Crippen molar-refractivity contribution in [1.29, 1.82) is 0 Å². The Morgan fingerprint density at radius 3 is 2.35 bits per heavy atom. The minimum atomic E-state index is -1.36. The van der Waals surface area contributed by atoms with Gasteiger partial charge >= 0.3 is 0 Å². The van der Waals surface area contributed by atoms with E-state index in [1.165, 1.54) is 0 Å². The molecule has 0 aliphatic carbocycles. The van der Waals surface area contributed by atoms with E-state index in [9.17, 15) is 23.7 Å². The Kier molecular flexibility index (Phi) is 5.12. The van der Waals surface area contributed by atoms with Crippen molar-refractivity contribution < 1.29 is 18.5 Å². The molecule has 0 saturated heterocycles. The molecule has 1 aromatic rings. The molecule has 7 heteroatoms. The monoisotopic (exact) mass is 286 g/mol. The van der Waals surface area contributed by atoms with Crippen molar-refractivity contribution in [1.82, 2.24) is 5.32 Å². The van der Waals surface area contributed by atoms with Crippen LogP contribution in [0.25, 0.3) is 0 Å². The molecule has 1 aromatic carbocycles. The second-order valence-electron chi connectivity index (χ2n) is 4.77. The summed E-state index contributed by atoms with van der Waals surface area (Å²) in [4.78, 5) is 21.9.